The number of nitrogens with zero attached hydrogens (tertiary/aromatic N) is 1. The first-order valence-electron chi connectivity index (χ1n) is 9.35. The van der Waals surface area contributed by atoms with E-state index in [0.29, 0.717) is 22.9 Å². The number of ether oxygens (including phenoxy) is 2. The number of benzene rings is 2. The predicted molar refractivity (Wildman–Crippen MR) is 115 cm³/mol. The topological polar surface area (TPSA) is 84.9 Å². The van der Waals surface area contributed by atoms with Gasteiger partial charge in [0, 0.05) is 11.8 Å². The summed E-state index contributed by atoms with van der Waals surface area (Å²) in [6, 6.07) is 13.5. The summed E-state index contributed by atoms with van der Waals surface area (Å²) in [5.74, 6) is 0.793. The molecule has 8 heteroatoms. The minimum Gasteiger partial charge on any atom is -0.491 e. The molecule has 0 spiro atoms. The minimum absolute atomic E-state index is 0.00400. The van der Waals surface area contributed by atoms with Crippen molar-refractivity contribution in [2.24, 2.45) is 0 Å². The van der Waals surface area contributed by atoms with E-state index in [9.17, 15) is 13.2 Å². The van der Waals surface area contributed by atoms with Crippen LogP contribution in [-0.2, 0) is 14.8 Å². The quantitative estimate of drug-likeness (QED) is 0.669. The van der Waals surface area contributed by atoms with Crippen LogP contribution in [0.15, 0.2) is 48.5 Å². The molecule has 0 saturated heterocycles. The second kappa shape index (κ2) is 9.65. The highest BCUT2D eigenvalue weighted by Crippen LogP contribution is 2.23. The van der Waals surface area contributed by atoms with E-state index in [1.807, 2.05) is 27.7 Å². The number of anilines is 2. The van der Waals surface area contributed by atoms with E-state index in [1.165, 1.54) is 0 Å². The van der Waals surface area contributed by atoms with Crippen molar-refractivity contribution in [2.75, 3.05) is 22.4 Å². The molecule has 0 heterocycles. The summed E-state index contributed by atoms with van der Waals surface area (Å²) in [7, 11) is -3.66. The molecule has 1 amide bonds. The Morgan fingerprint density at radius 1 is 0.966 bits per heavy atom. The van der Waals surface area contributed by atoms with Gasteiger partial charge in [-0.3, -0.25) is 9.10 Å². The third kappa shape index (κ3) is 7.30. The number of hydrogen-bond donors (Lipinski definition) is 1. The van der Waals surface area contributed by atoms with Gasteiger partial charge in [-0.25, -0.2) is 8.42 Å². The SMILES string of the molecule is CC(C)Oc1ccc(N(CC(=O)Nc2cccc(OC(C)C)c2)S(C)(=O)=O)cc1. The maximum atomic E-state index is 12.5. The number of hydrogen-bond acceptors (Lipinski definition) is 5. The Morgan fingerprint density at radius 2 is 1.55 bits per heavy atom. The molecule has 29 heavy (non-hydrogen) atoms. The average molecular weight is 421 g/mol. The third-order valence-corrected chi connectivity index (χ3v) is 4.81. The lowest BCUT2D eigenvalue weighted by Gasteiger charge is -2.22. The molecule has 0 bridgehead atoms. The molecule has 0 unspecified atom stereocenters. The zero-order valence-corrected chi connectivity index (χ0v) is 18.2. The van der Waals surface area contributed by atoms with Gasteiger partial charge < -0.3 is 14.8 Å². The van der Waals surface area contributed by atoms with Crippen molar-refractivity contribution in [3.63, 3.8) is 0 Å². The summed E-state index contributed by atoms with van der Waals surface area (Å²) < 4.78 is 36.7. The summed E-state index contributed by atoms with van der Waals surface area (Å²) in [6.45, 7) is 7.28. The van der Waals surface area contributed by atoms with Gasteiger partial charge in [0.05, 0.1) is 24.2 Å². The van der Waals surface area contributed by atoms with Crippen LogP contribution in [0, 0.1) is 0 Å². The predicted octanol–water partition coefficient (Wildman–Crippen LogP) is 3.67. The van der Waals surface area contributed by atoms with Crippen LogP contribution >= 0.6 is 0 Å². The van der Waals surface area contributed by atoms with Gasteiger partial charge in [0.1, 0.15) is 18.0 Å². The van der Waals surface area contributed by atoms with Crippen molar-refractivity contribution in [1.29, 1.82) is 0 Å². The van der Waals surface area contributed by atoms with Crippen LogP contribution in [0.2, 0.25) is 0 Å². The van der Waals surface area contributed by atoms with E-state index in [2.05, 4.69) is 5.32 Å². The van der Waals surface area contributed by atoms with Gasteiger partial charge in [-0.05, 0) is 64.1 Å². The van der Waals surface area contributed by atoms with E-state index in [1.54, 1.807) is 48.5 Å². The summed E-state index contributed by atoms with van der Waals surface area (Å²) >= 11 is 0. The molecule has 0 aromatic heterocycles. The van der Waals surface area contributed by atoms with Crippen molar-refractivity contribution in [3.8, 4) is 11.5 Å². The molecule has 0 aliphatic carbocycles. The first kappa shape index (κ1) is 22.5. The highest BCUT2D eigenvalue weighted by Gasteiger charge is 2.21. The second-order valence-electron chi connectivity index (χ2n) is 7.17. The zero-order valence-electron chi connectivity index (χ0n) is 17.4. The Hall–Kier alpha value is -2.74. The Balaban J connectivity index is 2.13. The number of carbonyl (C=O) groups is 1. The van der Waals surface area contributed by atoms with E-state index in [-0.39, 0.29) is 18.8 Å². The second-order valence-corrected chi connectivity index (χ2v) is 9.08. The maximum Gasteiger partial charge on any atom is 0.245 e. The lowest BCUT2D eigenvalue weighted by Crippen LogP contribution is -2.37. The fraction of sp³-hybridized carbons (Fsp3) is 0.381. The Labute approximate surface area is 172 Å². The molecule has 1 N–H and O–H groups in total. The molecular weight excluding hydrogens is 392 g/mol. The molecule has 0 saturated carbocycles. The minimum atomic E-state index is -3.66. The van der Waals surface area contributed by atoms with Crippen molar-refractivity contribution >= 4 is 27.3 Å². The highest BCUT2D eigenvalue weighted by atomic mass is 32.2. The van der Waals surface area contributed by atoms with Gasteiger partial charge in [-0.2, -0.15) is 0 Å². The lowest BCUT2D eigenvalue weighted by atomic mass is 10.3. The molecular formula is C21H28N2O5S. The van der Waals surface area contributed by atoms with Crippen LogP contribution in [0.5, 0.6) is 11.5 Å². The molecule has 2 aromatic carbocycles. The first-order valence-corrected chi connectivity index (χ1v) is 11.2. The number of sulfonamides is 1. The number of amides is 1. The molecule has 0 aliphatic heterocycles. The maximum absolute atomic E-state index is 12.5. The highest BCUT2D eigenvalue weighted by molar-refractivity contribution is 7.92. The van der Waals surface area contributed by atoms with Crippen molar-refractivity contribution in [1.82, 2.24) is 0 Å². The van der Waals surface area contributed by atoms with Crippen LogP contribution in [0.3, 0.4) is 0 Å². The summed E-state index contributed by atoms with van der Waals surface area (Å²) in [4.78, 5) is 12.5. The van der Waals surface area contributed by atoms with Gasteiger partial charge in [-0.15, -0.1) is 0 Å². The number of nitrogens with one attached hydrogen (secondary N) is 1. The van der Waals surface area contributed by atoms with E-state index in [4.69, 9.17) is 9.47 Å². The summed E-state index contributed by atoms with van der Waals surface area (Å²) in [6.07, 6.45) is 1.08. The Kier molecular flexibility index (Phi) is 7.50. The van der Waals surface area contributed by atoms with Gasteiger partial charge in [0.2, 0.25) is 15.9 Å². The lowest BCUT2D eigenvalue weighted by molar-refractivity contribution is -0.114. The molecule has 0 atom stereocenters. The van der Waals surface area contributed by atoms with E-state index < -0.39 is 15.9 Å². The van der Waals surface area contributed by atoms with Crippen molar-refractivity contribution in [3.05, 3.63) is 48.5 Å². The van der Waals surface area contributed by atoms with Gasteiger partial charge >= 0.3 is 0 Å². The fourth-order valence-corrected chi connectivity index (χ4v) is 3.47. The van der Waals surface area contributed by atoms with Crippen molar-refractivity contribution < 1.29 is 22.7 Å². The third-order valence-electron chi connectivity index (χ3n) is 3.67. The molecule has 0 aliphatic rings. The molecule has 0 fully saturated rings. The normalized spacial score (nSPS) is 11.4. The fourth-order valence-electron chi connectivity index (χ4n) is 2.61. The van der Waals surface area contributed by atoms with Crippen LogP contribution < -0.4 is 19.1 Å². The Morgan fingerprint density at radius 3 is 2.10 bits per heavy atom. The van der Waals surface area contributed by atoms with Gasteiger partial charge in [0.25, 0.3) is 0 Å². The van der Waals surface area contributed by atoms with Gasteiger partial charge in [-0.1, -0.05) is 6.07 Å². The molecule has 0 radical (unpaired) electrons. The van der Waals surface area contributed by atoms with Crippen LogP contribution in [-0.4, -0.2) is 39.3 Å². The molecule has 2 rings (SSSR count). The number of rotatable bonds is 9. The van der Waals surface area contributed by atoms with Gasteiger partial charge in [0.15, 0.2) is 0 Å². The summed E-state index contributed by atoms with van der Waals surface area (Å²) in [5, 5.41) is 2.72. The van der Waals surface area contributed by atoms with Crippen LogP contribution in [0.1, 0.15) is 27.7 Å². The van der Waals surface area contributed by atoms with Crippen LogP contribution in [0.25, 0.3) is 0 Å². The van der Waals surface area contributed by atoms with E-state index >= 15 is 0 Å². The zero-order chi connectivity index (χ0) is 21.6. The summed E-state index contributed by atoms with van der Waals surface area (Å²) in [5.41, 5.74) is 0.915. The standard InChI is InChI=1S/C21H28N2O5S/c1-15(2)27-19-11-9-18(10-12-19)23(29(5,25)26)14-21(24)22-17-7-6-8-20(13-17)28-16(3)4/h6-13,15-16H,14H2,1-5H3,(H,22,24). The largest absolute Gasteiger partial charge is 0.491 e. The van der Waals surface area contributed by atoms with Crippen LogP contribution in [0.4, 0.5) is 11.4 Å². The van der Waals surface area contributed by atoms with E-state index in [0.717, 1.165) is 10.6 Å². The first-order chi connectivity index (χ1) is 13.5. The smallest absolute Gasteiger partial charge is 0.245 e. The Bertz CT molecular complexity index is 924. The monoisotopic (exact) mass is 420 g/mol. The molecule has 2 aromatic rings. The molecule has 7 nitrogen and oxygen atoms in total. The average Bonchev–Trinajstić information content (AvgIpc) is 2.59. The molecule has 158 valence electrons. The van der Waals surface area contributed by atoms with Crippen molar-refractivity contribution in [2.45, 2.75) is 39.9 Å². The number of carbonyl (C=O) groups excluding carboxylic acids is 1.